The van der Waals surface area contributed by atoms with Crippen molar-refractivity contribution in [3.05, 3.63) is 28.7 Å². The van der Waals surface area contributed by atoms with Gasteiger partial charge in [0, 0.05) is 4.88 Å². The van der Waals surface area contributed by atoms with Gasteiger partial charge >= 0.3 is 5.97 Å². The van der Waals surface area contributed by atoms with Crippen LogP contribution in [0.2, 0.25) is 0 Å². The highest BCUT2D eigenvalue weighted by Gasteiger charge is 2.27. The van der Waals surface area contributed by atoms with Crippen molar-refractivity contribution in [2.75, 3.05) is 12.4 Å². The summed E-state index contributed by atoms with van der Waals surface area (Å²) >= 11 is 2.81. The number of H-pyrrole nitrogens is 1. The van der Waals surface area contributed by atoms with Crippen LogP contribution in [0.15, 0.2) is 17.7 Å². The van der Waals surface area contributed by atoms with E-state index in [0.29, 0.717) is 26.8 Å². The van der Waals surface area contributed by atoms with Crippen molar-refractivity contribution >= 4 is 51.1 Å². The lowest BCUT2D eigenvalue weighted by Crippen LogP contribution is -2.23. The number of aromatic nitrogens is 4. The van der Waals surface area contributed by atoms with Crippen molar-refractivity contribution in [1.29, 1.82) is 0 Å². The molecule has 29 heavy (non-hydrogen) atoms. The van der Waals surface area contributed by atoms with Crippen molar-refractivity contribution in [3.8, 4) is 0 Å². The number of hydrogen-bond acceptors (Lipinski definition) is 8. The van der Waals surface area contributed by atoms with Crippen LogP contribution in [0.1, 0.15) is 47.0 Å². The number of anilines is 1. The van der Waals surface area contributed by atoms with Crippen molar-refractivity contribution in [3.63, 3.8) is 0 Å². The zero-order chi connectivity index (χ0) is 20.4. The Morgan fingerprint density at radius 2 is 2.07 bits per heavy atom. The average Bonchev–Trinajstić information content (AvgIpc) is 3.26. The molecule has 0 spiro atoms. The number of carbonyl (C=O) groups excluding carboxylic acids is 2. The van der Waals surface area contributed by atoms with Gasteiger partial charge in [0.15, 0.2) is 5.65 Å². The molecule has 152 valence electrons. The molecule has 0 saturated heterocycles. The molecule has 0 aliphatic heterocycles. The van der Waals surface area contributed by atoms with Crippen LogP contribution in [0, 0.1) is 0 Å². The molecule has 1 amide bonds. The van der Waals surface area contributed by atoms with Gasteiger partial charge in [0.2, 0.25) is 5.91 Å². The molecular weight excluding hydrogens is 410 g/mol. The summed E-state index contributed by atoms with van der Waals surface area (Å²) in [6, 6.07) is 0. The second-order valence-electron chi connectivity index (χ2n) is 6.79. The van der Waals surface area contributed by atoms with Crippen molar-refractivity contribution < 1.29 is 14.3 Å². The number of carbonyl (C=O) groups is 2. The minimum absolute atomic E-state index is 0.192. The van der Waals surface area contributed by atoms with Crippen LogP contribution in [0.3, 0.4) is 0 Å². The maximum atomic E-state index is 12.9. The Labute approximate surface area is 175 Å². The van der Waals surface area contributed by atoms with Gasteiger partial charge in [-0.25, -0.2) is 19.7 Å². The number of aryl methyl sites for hydroxylation is 1. The Morgan fingerprint density at radius 1 is 1.24 bits per heavy atom. The molecule has 1 aliphatic carbocycles. The van der Waals surface area contributed by atoms with E-state index in [-0.39, 0.29) is 5.91 Å². The fraction of sp³-hybridized carbons (Fsp3) is 0.421. The molecule has 4 rings (SSSR count). The smallest absolute Gasteiger partial charge is 0.341 e. The van der Waals surface area contributed by atoms with Gasteiger partial charge in [-0.2, -0.15) is 0 Å². The molecule has 8 nitrogen and oxygen atoms in total. The first-order valence-electron chi connectivity index (χ1n) is 9.43. The van der Waals surface area contributed by atoms with Gasteiger partial charge in [0.1, 0.15) is 21.9 Å². The lowest BCUT2D eigenvalue weighted by molar-refractivity contribution is -0.115. The predicted octanol–water partition coefficient (Wildman–Crippen LogP) is 3.59. The number of fused-ring (bicyclic) bond motifs is 2. The molecule has 1 atom stereocenters. The molecule has 0 unspecified atom stereocenters. The molecule has 3 heterocycles. The average molecular weight is 432 g/mol. The minimum atomic E-state index is -0.427. The topological polar surface area (TPSA) is 110 Å². The summed E-state index contributed by atoms with van der Waals surface area (Å²) < 4.78 is 5.00. The minimum Gasteiger partial charge on any atom is -0.465 e. The first-order chi connectivity index (χ1) is 14.1. The zero-order valence-electron chi connectivity index (χ0n) is 16.2. The highest BCUT2D eigenvalue weighted by atomic mass is 32.2. The summed E-state index contributed by atoms with van der Waals surface area (Å²) in [5, 5.41) is 3.76. The van der Waals surface area contributed by atoms with E-state index >= 15 is 0 Å². The number of esters is 1. The van der Waals surface area contributed by atoms with Crippen molar-refractivity contribution in [2.45, 2.75) is 49.3 Å². The number of aromatic amines is 1. The van der Waals surface area contributed by atoms with E-state index in [2.05, 4.69) is 25.3 Å². The van der Waals surface area contributed by atoms with Crippen LogP contribution in [-0.2, 0) is 22.4 Å². The number of ether oxygens (including phenoxy) is 1. The molecular formula is C19H21N5O3S2. The largest absolute Gasteiger partial charge is 0.465 e. The maximum Gasteiger partial charge on any atom is 0.341 e. The first-order valence-corrected chi connectivity index (χ1v) is 11.1. The molecule has 0 radical (unpaired) electrons. The van der Waals surface area contributed by atoms with E-state index in [0.717, 1.165) is 37.7 Å². The van der Waals surface area contributed by atoms with Gasteiger partial charge in [-0.15, -0.1) is 11.3 Å². The Hall–Kier alpha value is -2.46. The number of rotatable bonds is 5. The number of imidazole rings is 1. The maximum absolute atomic E-state index is 12.9. The van der Waals surface area contributed by atoms with Gasteiger partial charge < -0.3 is 15.0 Å². The van der Waals surface area contributed by atoms with E-state index in [1.54, 1.807) is 13.3 Å². The summed E-state index contributed by atoms with van der Waals surface area (Å²) in [6.07, 6.45) is 8.05. The lowest BCUT2D eigenvalue weighted by atomic mass is 10.1. The summed E-state index contributed by atoms with van der Waals surface area (Å²) in [4.78, 5) is 42.0. The monoisotopic (exact) mass is 431 g/mol. The van der Waals surface area contributed by atoms with Crippen LogP contribution in [0.25, 0.3) is 11.2 Å². The third-order valence-electron chi connectivity index (χ3n) is 4.89. The number of amides is 1. The van der Waals surface area contributed by atoms with Gasteiger partial charge in [0.25, 0.3) is 0 Å². The van der Waals surface area contributed by atoms with E-state index in [1.807, 2.05) is 0 Å². The zero-order valence-corrected chi connectivity index (χ0v) is 17.8. The molecule has 3 aromatic heterocycles. The highest BCUT2D eigenvalue weighted by Crippen LogP contribution is 2.38. The van der Waals surface area contributed by atoms with Crippen molar-refractivity contribution in [1.82, 2.24) is 19.9 Å². The predicted molar refractivity (Wildman–Crippen MR) is 113 cm³/mol. The second kappa shape index (κ2) is 8.50. The SMILES string of the molecule is COC(=O)c1c(NC(=O)[C@@H](C)Sc2ncnc3nc[nH]c23)sc2c1CCCCC2. The third-order valence-corrected chi connectivity index (χ3v) is 7.20. The summed E-state index contributed by atoms with van der Waals surface area (Å²) in [5.74, 6) is -0.585. The van der Waals surface area contributed by atoms with Gasteiger partial charge in [0.05, 0.1) is 24.3 Å². The number of nitrogens with zero attached hydrogens (tertiary/aromatic N) is 3. The van der Waals surface area contributed by atoms with E-state index in [4.69, 9.17) is 4.74 Å². The molecule has 2 N–H and O–H groups in total. The normalized spacial score (nSPS) is 14.8. The Kier molecular flexibility index (Phi) is 5.81. The van der Waals surface area contributed by atoms with E-state index < -0.39 is 11.2 Å². The number of methoxy groups -OCH3 is 1. The highest BCUT2D eigenvalue weighted by molar-refractivity contribution is 8.00. The van der Waals surface area contributed by atoms with Crippen LogP contribution in [0.5, 0.6) is 0 Å². The van der Waals surface area contributed by atoms with E-state index in [1.165, 1.54) is 41.4 Å². The molecule has 0 bridgehead atoms. The summed E-state index contributed by atoms with van der Waals surface area (Å²) in [6.45, 7) is 1.81. The molecule has 10 heteroatoms. The fourth-order valence-electron chi connectivity index (χ4n) is 3.42. The molecule has 0 aromatic carbocycles. The molecule has 3 aromatic rings. The van der Waals surface area contributed by atoms with Crippen LogP contribution < -0.4 is 5.32 Å². The first kappa shape index (κ1) is 19.8. The summed E-state index contributed by atoms with van der Waals surface area (Å²) in [5.41, 5.74) is 2.81. The van der Waals surface area contributed by atoms with Crippen LogP contribution in [0.4, 0.5) is 5.00 Å². The molecule has 1 aliphatic rings. The Bertz CT molecular complexity index is 1060. The molecule has 0 saturated carbocycles. The number of nitrogens with one attached hydrogen (secondary N) is 2. The quantitative estimate of drug-likeness (QED) is 0.275. The van der Waals surface area contributed by atoms with Crippen LogP contribution in [-0.4, -0.2) is 44.2 Å². The lowest BCUT2D eigenvalue weighted by Gasteiger charge is -2.12. The fourth-order valence-corrected chi connectivity index (χ4v) is 5.57. The van der Waals surface area contributed by atoms with Crippen molar-refractivity contribution in [2.24, 2.45) is 0 Å². The molecule has 0 fully saturated rings. The van der Waals surface area contributed by atoms with Gasteiger partial charge in [-0.05, 0) is 38.2 Å². The van der Waals surface area contributed by atoms with E-state index in [9.17, 15) is 9.59 Å². The summed E-state index contributed by atoms with van der Waals surface area (Å²) in [7, 11) is 1.37. The Morgan fingerprint density at radius 3 is 2.90 bits per heavy atom. The number of thioether (sulfide) groups is 1. The van der Waals surface area contributed by atoms with Crippen LogP contribution >= 0.6 is 23.1 Å². The van der Waals surface area contributed by atoms with Gasteiger partial charge in [-0.3, -0.25) is 4.79 Å². The Balaban J connectivity index is 1.56. The number of hydrogen-bond donors (Lipinski definition) is 2. The standard InChI is InChI=1S/C19H21N5O3S2/c1-10(28-18-14-15(21-8-20-14)22-9-23-18)16(25)24-17-13(19(26)27-2)11-6-4-3-5-7-12(11)29-17/h8-10H,3-7H2,1-2H3,(H,24,25)(H,20,21,22,23)/t10-/m1/s1. The number of thiophene rings is 1. The second-order valence-corrected chi connectivity index (χ2v) is 9.22. The van der Waals surface area contributed by atoms with Gasteiger partial charge in [-0.1, -0.05) is 18.2 Å². The third kappa shape index (κ3) is 3.99.